The van der Waals surface area contributed by atoms with E-state index in [-0.39, 0.29) is 5.91 Å². The third-order valence-corrected chi connectivity index (χ3v) is 5.20. The molecule has 1 saturated heterocycles. The number of likely N-dealkylation sites (tertiary alicyclic amines) is 1. The highest BCUT2D eigenvalue weighted by atomic mass is 16.1. The minimum Gasteiger partial charge on any atom is -0.369 e. The molecule has 0 aliphatic carbocycles. The third-order valence-electron chi connectivity index (χ3n) is 5.20. The first-order chi connectivity index (χ1) is 13.7. The molecule has 0 unspecified atom stereocenters. The standard InChI is InChI=1S/C21H32N6O/c1-2-23-21(26-17-9-12-27(13-10-17)15-20(22)28)24-11-5-6-16-14-25-19-8-4-3-7-18(16)19/h3-4,7-8,14,17,25H,2,5-6,9-13,15H2,1H3,(H2,22,28)(H2,23,24,26). The zero-order valence-corrected chi connectivity index (χ0v) is 16.7. The highest BCUT2D eigenvalue weighted by Crippen LogP contribution is 2.18. The van der Waals surface area contributed by atoms with Crippen LogP contribution >= 0.6 is 0 Å². The Morgan fingerprint density at radius 2 is 2.11 bits per heavy atom. The second kappa shape index (κ2) is 10.1. The summed E-state index contributed by atoms with van der Waals surface area (Å²) in [4.78, 5) is 21.3. The molecule has 0 bridgehead atoms. The lowest BCUT2D eigenvalue weighted by Gasteiger charge is -2.32. The number of nitrogens with two attached hydrogens (primary N) is 1. The summed E-state index contributed by atoms with van der Waals surface area (Å²) in [6.07, 6.45) is 6.12. The first-order valence-electron chi connectivity index (χ1n) is 10.3. The van der Waals surface area contributed by atoms with Crippen molar-refractivity contribution in [2.45, 2.75) is 38.6 Å². The Hall–Kier alpha value is -2.54. The molecule has 1 fully saturated rings. The molecule has 3 rings (SSSR count). The van der Waals surface area contributed by atoms with E-state index in [2.05, 4.69) is 57.9 Å². The van der Waals surface area contributed by atoms with Crippen LogP contribution in [0.1, 0.15) is 31.7 Å². The number of piperidine rings is 1. The first kappa shape index (κ1) is 20.2. The number of rotatable bonds is 8. The first-order valence-corrected chi connectivity index (χ1v) is 10.3. The summed E-state index contributed by atoms with van der Waals surface area (Å²) in [5.74, 6) is 0.631. The van der Waals surface area contributed by atoms with Gasteiger partial charge in [-0.25, -0.2) is 0 Å². The maximum atomic E-state index is 11.1. The van der Waals surface area contributed by atoms with Gasteiger partial charge in [-0.3, -0.25) is 14.7 Å². The number of nitrogens with zero attached hydrogens (tertiary/aromatic N) is 2. The van der Waals surface area contributed by atoms with Crippen LogP contribution in [0.2, 0.25) is 0 Å². The number of amides is 1. The number of fused-ring (bicyclic) bond motifs is 1. The molecular formula is C21H32N6O. The molecule has 152 valence electrons. The lowest BCUT2D eigenvalue weighted by Crippen LogP contribution is -2.49. The number of carbonyl (C=O) groups excluding carboxylic acids is 1. The summed E-state index contributed by atoms with van der Waals surface area (Å²) >= 11 is 0. The molecule has 0 spiro atoms. The van der Waals surface area contributed by atoms with Crippen LogP contribution in [0.4, 0.5) is 0 Å². The van der Waals surface area contributed by atoms with Crippen molar-refractivity contribution in [1.82, 2.24) is 20.5 Å². The number of aryl methyl sites for hydroxylation is 1. The molecule has 2 aromatic rings. The number of aliphatic imine (C=N–C) groups is 1. The summed E-state index contributed by atoms with van der Waals surface area (Å²) in [7, 11) is 0. The maximum Gasteiger partial charge on any atom is 0.231 e. The Kier molecular flexibility index (Phi) is 7.31. The second-order valence-corrected chi connectivity index (χ2v) is 7.38. The zero-order valence-electron chi connectivity index (χ0n) is 16.7. The molecule has 2 heterocycles. The molecule has 1 aromatic carbocycles. The van der Waals surface area contributed by atoms with Gasteiger partial charge in [0, 0.05) is 49.3 Å². The molecule has 7 nitrogen and oxygen atoms in total. The van der Waals surface area contributed by atoms with E-state index in [4.69, 9.17) is 10.7 Å². The second-order valence-electron chi connectivity index (χ2n) is 7.38. The van der Waals surface area contributed by atoms with E-state index >= 15 is 0 Å². The molecule has 5 N–H and O–H groups in total. The van der Waals surface area contributed by atoms with E-state index in [0.717, 1.165) is 57.8 Å². The predicted octanol–water partition coefficient (Wildman–Crippen LogP) is 1.61. The third kappa shape index (κ3) is 5.73. The molecule has 28 heavy (non-hydrogen) atoms. The molecule has 0 atom stereocenters. The fourth-order valence-electron chi connectivity index (χ4n) is 3.77. The number of aromatic amines is 1. The Balaban J connectivity index is 1.46. The number of hydrogen-bond donors (Lipinski definition) is 4. The molecule has 7 heteroatoms. The van der Waals surface area contributed by atoms with Gasteiger partial charge in [-0.2, -0.15) is 0 Å². The summed E-state index contributed by atoms with van der Waals surface area (Å²) in [6, 6.07) is 8.80. The van der Waals surface area contributed by atoms with E-state index in [1.165, 1.54) is 16.5 Å². The normalized spacial score (nSPS) is 16.4. The van der Waals surface area contributed by atoms with Gasteiger partial charge in [0.05, 0.1) is 6.54 Å². The number of nitrogens with one attached hydrogen (secondary N) is 3. The van der Waals surface area contributed by atoms with Crippen LogP contribution in [0.3, 0.4) is 0 Å². The molecule has 0 saturated carbocycles. The summed E-state index contributed by atoms with van der Waals surface area (Å²) < 4.78 is 0. The number of aromatic nitrogens is 1. The molecule has 1 amide bonds. The Morgan fingerprint density at radius 1 is 1.32 bits per heavy atom. The molecule has 1 aromatic heterocycles. The van der Waals surface area contributed by atoms with E-state index in [1.807, 2.05) is 0 Å². The summed E-state index contributed by atoms with van der Waals surface area (Å²) in [5, 5.41) is 8.19. The number of carbonyl (C=O) groups is 1. The van der Waals surface area contributed by atoms with Crippen LogP contribution in [-0.2, 0) is 11.2 Å². The largest absolute Gasteiger partial charge is 0.369 e. The van der Waals surface area contributed by atoms with Crippen LogP contribution in [0, 0.1) is 0 Å². The van der Waals surface area contributed by atoms with Gasteiger partial charge in [0.15, 0.2) is 5.96 Å². The van der Waals surface area contributed by atoms with Crippen LogP contribution in [0.15, 0.2) is 35.5 Å². The van der Waals surface area contributed by atoms with Gasteiger partial charge in [-0.05, 0) is 44.2 Å². The summed E-state index contributed by atoms with van der Waals surface area (Å²) in [6.45, 7) is 5.85. The highest BCUT2D eigenvalue weighted by molar-refractivity contribution is 5.83. The van der Waals surface area contributed by atoms with Crippen LogP contribution in [0.25, 0.3) is 10.9 Å². The van der Waals surface area contributed by atoms with Gasteiger partial charge >= 0.3 is 0 Å². The van der Waals surface area contributed by atoms with Crippen molar-refractivity contribution in [3.8, 4) is 0 Å². The Bertz CT molecular complexity index is 791. The average molecular weight is 385 g/mol. The number of guanidine groups is 1. The van der Waals surface area contributed by atoms with E-state index < -0.39 is 0 Å². The number of H-pyrrole nitrogens is 1. The lowest BCUT2D eigenvalue weighted by atomic mass is 10.1. The van der Waals surface area contributed by atoms with E-state index in [0.29, 0.717) is 12.6 Å². The van der Waals surface area contributed by atoms with Crippen molar-refractivity contribution in [1.29, 1.82) is 0 Å². The average Bonchev–Trinajstić information content (AvgIpc) is 3.09. The predicted molar refractivity (Wildman–Crippen MR) is 114 cm³/mol. The van der Waals surface area contributed by atoms with Gasteiger partial charge < -0.3 is 21.4 Å². The topological polar surface area (TPSA) is 98.5 Å². The maximum absolute atomic E-state index is 11.1. The van der Waals surface area contributed by atoms with Gasteiger partial charge in [0.2, 0.25) is 5.91 Å². The monoisotopic (exact) mass is 384 g/mol. The smallest absolute Gasteiger partial charge is 0.231 e. The van der Waals surface area contributed by atoms with Gasteiger partial charge in [-0.1, -0.05) is 18.2 Å². The lowest BCUT2D eigenvalue weighted by molar-refractivity contribution is -0.119. The van der Waals surface area contributed by atoms with E-state index in [9.17, 15) is 4.79 Å². The summed E-state index contributed by atoms with van der Waals surface area (Å²) in [5.41, 5.74) is 7.83. The SMILES string of the molecule is CCNC(=NCCCc1c[nH]c2ccccc12)NC1CCN(CC(N)=O)CC1. The van der Waals surface area contributed by atoms with Gasteiger partial charge in [0.25, 0.3) is 0 Å². The minimum atomic E-state index is -0.253. The number of para-hydroxylation sites is 1. The quantitative estimate of drug-likeness (QED) is 0.316. The molecule has 1 aliphatic rings. The highest BCUT2D eigenvalue weighted by Gasteiger charge is 2.20. The van der Waals surface area contributed by atoms with Crippen LogP contribution in [-0.4, -0.2) is 60.5 Å². The van der Waals surface area contributed by atoms with Gasteiger partial charge in [-0.15, -0.1) is 0 Å². The van der Waals surface area contributed by atoms with Crippen molar-refractivity contribution in [3.05, 3.63) is 36.0 Å². The van der Waals surface area contributed by atoms with Crippen LogP contribution in [0.5, 0.6) is 0 Å². The van der Waals surface area contributed by atoms with Crippen molar-refractivity contribution >= 4 is 22.8 Å². The fraction of sp³-hybridized carbons (Fsp3) is 0.524. The van der Waals surface area contributed by atoms with Crippen molar-refractivity contribution in [2.75, 3.05) is 32.7 Å². The Morgan fingerprint density at radius 3 is 2.86 bits per heavy atom. The molecular weight excluding hydrogens is 352 g/mol. The Labute approximate surface area is 166 Å². The zero-order chi connectivity index (χ0) is 19.8. The fourth-order valence-corrected chi connectivity index (χ4v) is 3.77. The number of hydrogen-bond acceptors (Lipinski definition) is 3. The van der Waals surface area contributed by atoms with Gasteiger partial charge in [0.1, 0.15) is 0 Å². The van der Waals surface area contributed by atoms with Crippen LogP contribution < -0.4 is 16.4 Å². The van der Waals surface area contributed by atoms with E-state index in [1.54, 1.807) is 0 Å². The van der Waals surface area contributed by atoms with Crippen molar-refractivity contribution in [2.24, 2.45) is 10.7 Å². The molecule has 0 radical (unpaired) electrons. The minimum absolute atomic E-state index is 0.253. The number of primary amides is 1. The van der Waals surface area contributed by atoms with Crippen molar-refractivity contribution in [3.63, 3.8) is 0 Å². The van der Waals surface area contributed by atoms with Crippen molar-refractivity contribution < 1.29 is 4.79 Å². The molecule has 1 aliphatic heterocycles. The number of benzene rings is 1.